The first-order valence-corrected chi connectivity index (χ1v) is 17.6. The minimum Gasteiger partial charge on any atom is -0.461 e. The van der Waals surface area contributed by atoms with Gasteiger partial charge in [-0.25, -0.2) is 17.9 Å². The molecule has 14 heteroatoms. The summed E-state index contributed by atoms with van der Waals surface area (Å²) in [6, 6.07) is 20.7. The fraction of sp³-hybridized carbons (Fsp3) is 0.353. The Kier molecular flexibility index (Phi) is 8.62. The van der Waals surface area contributed by atoms with Crippen LogP contribution in [0.15, 0.2) is 77.7 Å². The van der Waals surface area contributed by atoms with Crippen molar-refractivity contribution in [1.29, 1.82) is 0 Å². The molecule has 0 unspecified atom stereocenters. The van der Waals surface area contributed by atoms with E-state index in [2.05, 4.69) is 16.3 Å². The van der Waals surface area contributed by atoms with Gasteiger partial charge in [-0.1, -0.05) is 30.3 Å². The Hall–Kier alpha value is -4.79. The Balaban J connectivity index is 1.14. The molecule has 0 bridgehead atoms. The number of nitrogens with zero attached hydrogens (tertiary/aromatic N) is 5. The number of carbonyl (C=O) groups is 1. The minimum atomic E-state index is -4.07. The number of fused-ring (bicyclic) bond motifs is 1. The molecule has 4 aromatic rings. The normalized spacial score (nSPS) is 18.5. The summed E-state index contributed by atoms with van der Waals surface area (Å²) in [4.78, 5) is 26.1. The number of nitro benzene ring substituents is 1. The zero-order valence-corrected chi connectivity index (χ0v) is 27.3. The molecule has 7 rings (SSSR count). The van der Waals surface area contributed by atoms with Gasteiger partial charge in [0.05, 0.1) is 28.9 Å². The lowest BCUT2D eigenvalue weighted by Crippen LogP contribution is -2.50. The fourth-order valence-electron chi connectivity index (χ4n) is 6.55. The number of carbonyl (C=O) groups excluding carboxylic acids is 1. The summed E-state index contributed by atoms with van der Waals surface area (Å²) in [5.41, 5.74) is 3.00. The number of benzene rings is 3. The lowest BCUT2D eigenvalue weighted by molar-refractivity contribution is -0.387. The second-order valence-corrected chi connectivity index (χ2v) is 14.0. The highest BCUT2D eigenvalue weighted by Crippen LogP contribution is 2.45. The molecule has 0 amide bonds. The predicted octanol–water partition coefficient (Wildman–Crippen LogP) is 5.49. The number of nitrogens with one attached hydrogen (secondary N) is 1. The zero-order valence-electron chi connectivity index (χ0n) is 26.4. The lowest BCUT2D eigenvalue weighted by Gasteiger charge is -2.39. The van der Waals surface area contributed by atoms with E-state index in [0.717, 1.165) is 5.75 Å². The lowest BCUT2D eigenvalue weighted by atomic mass is 10.0. The van der Waals surface area contributed by atoms with Crippen LogP contribution in [0.25, 0.3) is 5.69 Å². The molecule has 1 aliphatic carbocycles. The van der Waals surface area contributed by atoms with Crippen LogP contribution >= 0.6 is 0 Å². The monoisotopic (exact) mass is 672 g/mol. The number of aromatic nitrogens is 2. The number of esters is 1. The van der Waals surface area contributed by atoms with E-state index in [0.29, 0.717) is 60.5 Å². The third-order valence-electron chi connectivity index (χ3n) is 9.06. The third-order valence-corrected chi connectivity index (χ3v) is 11.0. The second-order valence-electron chi connectivity index (χ2n) is 12.0. The van der Waals surface area contributed by atoms with E-state index in [1.54, 1.807) is 11.6 Å². The van der Waals surface area contributed by atoms with E-state index in [1.165, 1.54) is 47.0 Å². The summed E-state index contributed by atoms with van der Waals surface area (Å²) >= 11 is 0. The van der Waals surface area contributed by atoms with Crippen LogP contribution in [0.4, 0.5) is 11.4 Å². The first kappa shape index (κ1) is 31.8. The average Bonchev–Trinajstić information content (AvgIpc) is 3.88. The first-order chi connectivity index (χ1) is 23.3. The first-order valence-electron chi connectivity index (χ1n) is 16.1. The summed E-state index contributed by atoms with van der Waals surface area (Å²) in [6.07, 6.45) is 3.03. The van der Waals surface area contributed by atoms with Gasteiger partial charge in [0, 0.05) is 38.8 Å². The van der Waals surface area contributed by atoms with Gasteiger partial charge in [-0.15, -0.1) is 0 Å². The van der Waals surface area contributed by atoms with Crippen molar-refractivity contribution in [2.75, 3.05) is 44.6 Å². The Morgan fingerprint density at radius 2 is 1.69 bits per heavy atom. The van der Waals surface area contributed by atoms with Gasteiger partial charge < -0.3 is 14.8 Å². The minimum absolute atomic E-state index is 0.157. The van der Waals surface area contributed by atoms with Gasteiger partial charge in [0.1, 0.15) is 17.2 Å². The summed E-state index contributed by atoms with van der Waals surface area (Å²) in [5.74, 6) is 1.56. The molecule has 1 saturated carbocycles. The standard InChI is InChI=1S/C34H36N6O7S/c1-2-46-34(41)33-32-31(36-39(33)24-13-15-25(16-14-24)47-29-9-5-3-7-26(29)23-11-12-23)28(17-18-35-32)37-19-21-38(22-20-37)48(44,45)30-10-6-4-8-27(30)40(42)43/h3-10,13-16,23,28,35H,2,11-12,17-22H2,1H3/t28-/m1/s1. The van der Waals surface area contributed by atoms with Crippen molar-refractivity contribution in [1.82, 2.24) is 19.0 Å². The summed E-state index contributed by atoms with van der Waals surface area (Å²) in [6.45, 7) is 3.63. The van der Waals surface area contributed by atoms with E-state index in [4.69, 9.17) is 14.6 Å². The van der Waals surface area contributed by atoms with Gasteiger partial charge in [0.25, 0.3) is 5.69 Å². The van der Waals surface area contributed by atoms with Crippen LogP contribution in [0.2, 0.25) is 0 Å². The van der Waals surface area contributed by atoms with E-state index >= 15 is 0 Å². The molecule has 3 heterocycles. The number of hydrogen-bond donors (Lipinski definition) is 1. The highest BCUT2D eigenvalue weighted by molar-refractivity contribution is 7.89. The Morgan fingerprint density at radius 1 is 0.979 bits per heavy atom. The van der Waals surface area contributed by atoms with Gasteiger partial charge in [-0.3, -0.25) is 15.0 Å². The molecule has 2 fully saturated rings. The molecule has 48 heavy (non-hydrogen) atoms. The molecule has 0 spiro atoms. The van der Waals surface area contributed by atoms with E-state index in [1.807, 2.05) is 42.5 Å². The van der Waals surface area contributed by atoms with Gasteiger partial charge in [0.2, 0.25) is 10.0 Å². The summed E-state index contributed by atoms with van der Waals surface area (Å²) in [7, 11) is -4.07. The molecule has 0 radical (unpaired) electrons. The number of nitro groups is 1. The van der Waals surface area contributed by atoms with Gasteiger partial charge >= 0.3 is 5.97 Å². The van der Waals surface area contributed by atoms with Crippen LogP contribution < -0.4 is 10.1 Å². The molecular formula is C34H36N6O7S. The number of piperazine rings is 1. The molecule has 2 aliphatic heterocycles. The average molecular weight is 673 g/mol. The maximum atomic E-state index is 13.4. The SMILES string of the molecule is CCOC(=O)c1c2c(nn1-c1ccc(Oc3ccccc3C3CC3)cc1)[C@H](N1CCN(S(=O)(=O)c3ccccc3[N+](=O)[O-])CC1)CCN2. The smallest absolute Gasteiger partial charge is 0.359 e. The summed E-state index contributed by atoms with van der Waals surface area (Å²) in [5, 5.41) is 19.8. The van der Waals surface area contributed by atoms with E-state index < -0.39 is 26.6 Å². The quantitative estimate of drug-likeness (QED) is 0.130. The van der Waals surface area contributed by atoms with Crippen LogP contribution in [-0.2, 0) is 14.8 Å². The Bertz CT molecular complexity index is 1950. The largest absolute Gasteiger partial charge is 0.461 e. The maximum absolute atomic E-state index is 13.4. The van der Waals surface area contributed by atoms with Crippen LogP contribution in [0.5, 0.6) is 11.5 Å². The van der Waals surface area contributed by atoms with Crippen molar-refractivity contribution in [2.45, 2.75) is 43.0 Å². The van der Waals surface area contributed by atoms with E-state index in [9.17, 15) is 23.3 Å². The number of para-hydroxylation sites is 2. The van der Waals surface area contributed by atoms with Crippen molar-refractivity contribution in [2.24, 2.45) is 0 Å². The van der Waals surface area contributed by atoms with Crippen molar-refractivity contribution < 1.29 is 27.6 Å². The number of anilines is 1. The Morgan fingerprint density at radius 3 is 2.40 bits per heavy atom. The van der Waals surface area contributed by atoms with Gasteiger partial charge in [-0.05, 0) is 74.1 Å². The molecular weight excluding hydrogens is 636 g/mol. The number of hydrogen-bond acceptors (Lipinski definition) is 10. The van der Waals surface area contributed by atoms with Crippen LogP contribution in [0.3, 0.4) is 0 Å². The fourth-order valence-corrected chi connectivity index (χ4v) is 8.13. The number of sulfonamides is 1. The van der Waals surface area contributed by atoms with Crippen molar-refractivity contribution in [3.8, 4) is 17.2 Å². The highest BCUT2D eigenvalue weighted by atomic mass is 32.2. The van der Waals surface area contributed by atoms with Crippen LogP contribution in [0.1, 0.15) is 59.9 Å². The molecule has 250 valence electrons. The van der Waals surface area contributed by atoms with Crippen LogP contribution in [0, 0.1) is 10.1 Å². The molecule has 3 aliphatic rings. The van der Waals surface area contributed by atoms with Crippen LogP contribution in [-0.4, -0.2) is 77.6 Å². The maximum Gasteiger partial charge on any atom is 0.359 e. The molecule has 1 aromatic heterocycles. The number of ether oxygens (including phenoxy) is 2. The molecule has 1 saturated heterocycles. The molecule has 3 aromatic carbocycles. The number of rotatable bonds is 10. The molecule has 13 nitrogen and oxygen atoms in total. The topological polar surface area (TPSA) is 149 Å². The second kappa shape index (κ2) is 13.0. The molecule has 1 atom stereocenters. The van der Waals surface area contributed by atoms with Crippen molar-refractivity contribution >= 4 is 27.4 Å². The summed E-state index contributed by atoms with van der Waals surface area (Å²) < 4.78 is 41.5. The highest BCUT2D eigenvalue weighted by Gasteiger charge is 2.39. The Labute approximate surface area is 278 Å². The van der Waals surface area contributed by atoms with Gasteiger partial charge in [-0.2, -0.15) is 9.40 Å². The van der Waals surface area contributed by atoms with Crippen molar-refractivity contribution in [3.05, 3.63) is 99.9 Å². The predicted molar refractivity (Wildman–Crippen MR) is 177 cm³/mol. The van der Waals surface area contributed by atoms with Crippen molar-refractivity contribution in [3.63, 3.8) is 0 Å². The zero-order chi connectivity index (χ0) is 33.4. The van der Waals surface area contributed by atoms with Gasteiger partial charge in [0.15, 0.2) is 10.6 Å². The third kappa shape index (κ3) is 6.02. The van der Waals surface area contributed by atoms with E-state index in [-0.39, 0.29) is 30.6 Å². The molecule has 1 N–H and O–H groups in total.